The summed E-state index contributed by atoms with van der Waals surface area (Å²) in [6.07, 6.45) is 1.16. The fourth-order valence-corrected chi connectivity index (χ4v) is 5.72. The smallest absolute Gasteiger partial charge is 0.229 e. The quantitative estimate of drug-likeness (QED) is 0.286. The highest BCUT2D eigenvalue weighted by Crippen LogP contribution is 2.36. The van der Waals surface area contributed by atoms with Gasteiger partial charge in [0.1, 0.15) is 0 Å². The first kappa shape index (κ1) is 27.2. The molecular formula is C27H35ClFN7S. The van der Waals surface area contributed by atoms with Gasteiger partial charge in [0.15, 0.2) is 11.6 Å². The van der Waals surface area contributed by atoms with Gasteiger partial charge in [-0.05, 0) is 82.6 Å². The molecule has 4 rings (SSSR count). The number of likely N-dealkylation sites (N-methyl/N-ethyl adjacent to an activating group) is 1. The summed E-state index contributed by atoms with van der Waals surface area (Å²) < 4.78 is 18.2. The van der Waals surface area contributed by atoms with Gasteiger partial charge in [-0.25, -0.2) is 9.37 Å². The number of hydrogen-bond donors (Lipinski definition) is 3. The van der Waals surface area contributed by atoms with Crippen molar-refractivity contribution in [1.29, 1.82) is 0 Å². The van der Waals surface area contributed by atoms with Gasteiger partial charge < -0.3 is 25.2 Å². The van der Waals surface area contributed by atoms with E-state index in [-0.39, 0.29) is 21.2 Å². The van der Waals surface area contributed by atoms with Crippen LogP contribution in [0.1, 0.15) is 27.7 Å². The summed E-state index contributed by atoms with van der Waals surface area (Å²) in [4.78, 5) is 13.2. The number of benzene rings is 2. The highest BCUT2D eigenvalue weighted by Gasteiger charge is 2.17. The van der Waals surface area contributed by atoms with Gasteiger partial charge in [-0.15, -0.1) is 0 Å². The van der Waals surface area contributed by atoms with Gasteiger partial charge in [0, 0.05) is 48.0 Å². The van der Waals surface area contributed by atoms with Crippen molar-refractivity contribution in [3.05, 3.63) is 59.5 Å². The molecule has 0 saturated carbocycles. The third kappa shape index (κ3) is 7.12. The van der Waals surface area contributed by atoms with Crippen molar-refractivity contribution in [2.45, 2.75) is 32.4 Å². The Morgan fingerprint density at radius 1 is 1.00 bits per heavy atom. The maximum Gasteiger partial charge on any atom is 0.229 e. The lowest BCUT2D eigenvalue weighted by Gasteiger charge is -2.34. The Balaban J connectivity index is 1.47. The standard InChI is InChI=1S/C27H35ClFN7S/c1-6-37(27(2,3)4)34-24-17-20(9-12-22(24)28)31-25-23(29)18-30-26(33-25)32-19-7-10-21(11-8-19)36-15-13-35(5)14-16-36/h6-12,17-18,34H,13-16H2,1-5H3,(H2,30,31,32,33). The van der Waals surface area contributed by atoms with Crippen molar-refractivity contribution >= 4 is 62.2 Å². The minimum Gasteiger partial charge on any atom is -0.369 e. The Labute approximate surface area is 226 Å². The van der Waals surface area contributed by atoms with Gasteiger partial charge in [0.25, 0.3) is 0 Å². The van der Waals surface area contributed by atoms with E-state index < -0.39 is 5.82 Å². The summed E-state index contributed by atoms with van der Waals surface area (Å²) in [6.45, 7) is 12.7. The molecule has 198 valence electrons. The zero-order chi connectivity index (χ0) is 26.6. The van der Waals surface area contributed by atoms with Gasteiger partial charge in [-0.2, -0.15) is 4.98 Å². The molecule has 0 bridgehead atoms. The maximum atomic E-state index is 14.6. The number of piperazine rings is 1. The lowest BCUT2D eigenvalue weighted by molar-refractivity contribution is 0.313. The van der Waals surface area contributed by atoms with Crippen LogP contribution in [0.5, 0.6) is 0 Å². The Hall–Kier alpha value is -2.88. The Bertz CT molecular complexity index is 1250. The molecule has 1 atom stereocenters. The molecule has 10 heteroatoms. The van der Waals surface area contributed by atoms with Gasteiger partial charge in [0.05, 0.1) is 16.9 Å². The monoisotopic (exact) mass is 543 g/mol. The molecule has 2 aromatic carbocycles. The van der Waals surface area contributed by atoms with Crippen molar-refractivity contribution < 1.29 is 4.39 Å². The van der Waals surface area contributed by atoms with E-state index >= 15 is 0 Å². The van der Waals surface area contributed by atoms with E-state index in [4.69, 9.17) is 11.6 Å². The molecule has 2 heterocycles. The second-order valence-electron chi connectivity index (χ2n) is 9.96. The lowest BCUT2D eigenvalue weighted by atomic mass is 10.2. The third-order valence-corrected chi connectivity index (χ3v) is 8.64. The summed E-state index contributed by atoms with van der Waals surface area (Å²) >= 11 is 6.45. The van der Waals surface area contributed by atoms with Gasteiger partial charge in [-0.3, -0.25) is 0 Å². The summed E-state index contributed by atoms with van der Waals surface area (Å²) in [5.41, 5.74) is 3.46. The lowest BCUT2D eigenvalue weighted by Crippen LogP contribution is -2.44. The van der Waals surface area contributed by atoms with E-state index in [0.29, 0.717) is 16.7 Å². The first-order valence-electron chi connectivity index (χ1n) is 12.3. The van der Waals surface area contributed by atoms with Crippen LogP contribution < -0.4 is 20.3 Å². The third-order valence-electron chi connectivity index (χ3n) is 6.08. The van der Waals surface area contributed by atoms with Crippen molar-refractivity contribution in [3.8, 4) is 0 Å². The van der Waals surface area contributed by atoms with Crippen molar-refractivity contribution in [2.75, 3.05) is 53.5 Å². The molecule has 37 heavy (non-hydrogen) atoms. The number of aromatic nitrogens is 2. The Morgan fingerprint density at radius 3 is 2.32 bits per heavy atom. The number of anilines is 6. The van der Waals surface area contributed by atoms with E-state index in [2.05, 4.69) is 80.4 Å². The predicted octanol–water partition coefficient (Wildman–Crippen LogP) is 6.72. The molecule has 1 aromatic heterocycles. The molecule has 0 amide bonds. The minimum atomic E-state index is -0.545. The maximum absolute atomic E-state index is 14.6. The number of hydrogen-bond acceptors (Lipinski definition) is 7. The van der Waals surface area contributed by atoms with Crippen LogP contribution in [-0.2, 0) is 0 Å². The van der Waals surface area contributed by atoms with Crippen LogP contribution in [0.2, 0.25) is 5.02 Å². The second kappa shape index (κ2) is 11.7. The molecule has 0 aliphatic carbocycles. The van der Waals surface area contributed by atoms with Crippen LogP contribution in [0.4, 0.5) is 38.9 Å². The van der Waals surface area contributed by atoms with Crippen molar-refractivity contribution in [3.63, 3.8) is 0 Å². The number of nitrogens with one attached hydrogen (secondary N) is 3. The number of rotatable bonds is 7. The normalized spacial score (nSPS) is 15.5. The van der Waals surface area contributed by atoms with Crippen molar-refractivity contribution in [2.24, 2.45) is 0 Å². The Morgan fingerprint density at radius 2 is 1.68 bits per heavy atom. The minimum absolute atomic E-state index is 0.0313. The summed E-state index contributed by atoms with van der Waals surface area (Å²) in [7, 11) is 1.94. The molecule has 1 unspecified atom stereocenters. The van der Waals surface area contributed by atoms with Crippen LogP contribution in [0.15, 0.2) is 48.7 Å². The predicted molar refractivity (Wildman–Crippen MR) is 159 cm³/mol. The average Bonchev–Trinajstić information content (AvgIpc) is 2.86. The molecule has 1 saturated heterocycles. The first-order chi connectivity index (χ1) is 17.6. The zero-order valence-electron chi connectivity index (χ0n) is 22.0. The molecule has 1 aliphatic heterocycles. The molecule has 3 N–H and O–H groups in total. The molecule has 1 aliphatic rings. The molecule has 3 aromatic rings. The van der Waals surface area contributed by atoms with E-state index in [1.807, 2.05) is 25.1 Å². The van der Waals surface area contributed by atoms with Gasteiger partial charge in [0.2, 0.25) is 5.95 Å². The zero-order valence-corrected chi connectivity index (χ0v) is 23.6. The largest absolute Gasteiger partial charge is 0.369 e. The van der Waals surface area contributed by atoms with Crippen LogP contribution in [-0.4, -0.2) is 58.2 Å². The second-order valence-corrected chi connectivity index (χ2v) is 12.9. The van der Waals surface area contributed by atoms with Gasteiger partial charge in [-0.1, -0.05) is 22.3 Å². The van der Waals surface area contributed by atoms with Gasteiger partial charge >= 0.3 is 0 Å². The van der Waals surface area contributed by atoms with Crippen molar-refractivity contribution in [1.82, 2.24) is 14.9 Å². The van der Waals surface area contributed by atoms with E-state index in [1.54, 1.807) is 12.1 Å². The first-order valence-corrected chi connectivity index (χ1v) is 14.0. The number of nitrogens with zero attached hydrogens (tertiary/aromatic N) is 4. The number of halogens is 2. The molecule has 0 radical (unpaired) electrons. The summed E-state index contributed by atoms with van der Waals surface area (Å²) in [5, 5.41) is 8.97. The Kier molecular flexibility index (Phi) is 8.56. The fraction of sp³-hybridized carbons (Fsp3) is 0.370. The van der Waals surface area contributed by atoms with E-state index in [9.17, 15) is 4.39 Å². The molecular weight excluding hydrogens is 509 g/mol. The van der Waals surface area contributed by atoms with Crippen LogP contribution in [0.3, 0.4) is 0 Å². The van der Waals surface area contributed by atoms with E-state index in [0.717, 1.165) is 43.8 Å². The highest BCUT2D eigenvalue weighted by atomic mass is 35.5. The topological polar surface area (TPSA) is 68.4 Å². The highest BCUT2D eigenvalue weighted by molar-refractivity contribution is 8.17. The fourth-order valence-electron chi connectivity index (χ4n) is 3.97. The molecule has 1 fully saturated rings. The molecule has 0 spiro atoms. The summed E-state index contributed by atoms with van der Waals surface area (Å²) in [6, 6.07) is 13.6. The summed E-state index contributed by atoms with van der Waals surface area (Å²) in [5.74, 6) is -0.160. The van der Waals surface area contributed by atoms with Crippen LogP contribution in [0, 0.1) is 5.82 Å². The SMILES string of the molecule is C/C=S(\Nc1cc(Nc2nc(Nc3ccc(N4CCN(C)CC4)cc3)ncc2F)ccc1Cl)C(C)(C)C. The van der Waals surface area contributed by atoms with Crippen LogP contribution in [0.25, 0.3) is 0 Å². The average molecular weight is 544 g/mol. The van der Waals surface area contributed by atoms with E-state index in [1.165, 1.54) is 5.69 Å². The van der Waals surface area contributed by atoms with Crippen LogP contribution >= 0.6 is 22.3 Å². The molecule has 7 nitrogen and oxygen atoms in total.